The van der Waals surface area contributed by atoms with Crippen molar-refractivity contribution in [3.63, 3.8) is 0 Å². The van der Waals surface area contributed by atoms with Crippen molar-refractivity contribution in [2.75, 3.05) is 39.3 Å². The largest absolute Gasteiger partial charge is 0.393 e. The standard InChI is InChI=1S/C16H37N3O4/c1-12(20)7-16(17)11-19(10-15(4)23)6-5-18(8-13(2)21)9-14(3)22/h12-16,20-23H,5-11,17H2,1-4H3. The molecule has 0 aliphatic heterocycles. The fraction of sp³-hybridized carbons (Fsp3) is 1.00. The maximum Gasteiger partial charge on any atom is 0.0639 e. The summed E-state index contributed by atoms with van der Waals surface area (Å²) in [7, 11) is 0. The van der Waals surface area contributed by atoms with Gasteiger partial charge in [0.15, 0.2) is 0 Å². The van der Waals surface area contributed by atoms with Gasteiger partial charge in [0.25, 0.3) is 0 Å². The molecule has 0 saturated heterocycles. The van der Waals surface area contributed by atoms with Gasteiger partial charge in [-0.3, -0.25) is 9.80 Å². The first kappa shape index (κ1) is 22.7. The van der Waals surface area contributed by atoms with Crippen molar-refractivity contribution in [3.8, 4) is 0 Å². The lowest BCUT2D eigenvalue weighted by Crippen LogP contribution is -2.46. The lowest BCUT2D eigenvalue weighted by molar-refractivity contribution is 0.0654. The van der Waals surface area contributed by atoms with E-state index in [0.717, 1.165) is 0 Å². The van der Waals surface area contributed by atoms with Gasteiger partial charge in [-0.25, -0.2) is 0 Å². The number of aliphatic hydroxyl groups is 4. The molecule has 0 aromatic heterocycles. The van der Waals surface area contributed by atoms with E-state index in [0.29, 0.717) is 45.7 Å². The Morgan fingerprint density at radius 1 is 0.652 bits per heavy atom. The van der Waals surface area contributed by atoms with Crippen molar-refractivity contribution >= 4 is 0 Å². The number of hydrogen-bond donors (Lipinski definition) is 5. The molecule has 0 amide bonds. The highest BCUT2D eigenvalue weighted by Crippen LogP contribution is 2.03. The lowest BCUT2D eigenvalue weighted by atomic mass is 10.1. The third-order valence-electron chi connectivity index (χ3n) is 3.44. The minimum Gasteiger partial charge on any atom is -0.393 e. The summed E-state index contributed by atoms with van der Waals surface area (Å²) in [6.45, 7) is 10.3. The van der Waals surface area contributed by atoms with Crippen molar-refractivity contribution in [2.45, 2.75) is 64.6 Å². The lowest BCUT2D eigenvalue weighted by Gasteiger charge is -2.31. The van der Waals surface area contributed by atoms with Gasteiger partial charge in [-0.1, -0.05) is 0 Å². The predicted molar refractivity (Wildman–Crippen MR) is 92.2 cm³/mol. The Morgan fingerprint density at radius 2 is 1.00 bits per heavy atom. The van der Waals surface area contributed by atoms with Crippen LogP contribution in [0.25, 0.3) is 0 Å². The molecular weight excluding hydrogens is 298 g/mol. The summed E-state index contributed by atoms with van der Waals surface area (Å²) in [6.07, 6.45) is -1.31. The van der Waals surface area contributed by atoms with E-state index in [1.54, 1.807) is 27.7 Å². The quantitative estimate of drug-likeness (QED) is 0.288. The summed E-state index contributed by atoms with van der Waals surface area (Å²) >= 11 is 0. The van der Waals surface area contributed by atoms with Crippen LogP contribution >= 0.6 is 0 Å². The Labute approximate surface area is 140 Å². The highest BCUT2D eigenvalue weighted by Gasteiger charge is 2.17. The zero-order valence-corrected chi connectivity index (χ0v) is 15.1. The average molecular weight is 335 g/mol. The van der Waals surface area contributed by atoms with E-state index in [-0.39, 0.29) is 6.04 Å². The fourth-order valence-corrected chi connectivity index (χ4v) is 2.76. The van der Waals surface area contributed by atoms with Crippen LogP contribution in [0.3, 0.4) is 0 Å². The average Bonchev–Trinajstić information content (AvgIpc) is 2.32. The fourth-order valence-electron chi connectivity index (χ4n) is 2.76. The monoisotopic (exact) mass is 335 g/mol. The molecule has 0 aliphatic carbocycles. The van der Waals surface area contributed by atoms with Crippen LogP contribution in [0.15, 0.2) is 0 Å². The maximum atomic E-state index is 9.65. The molecule has 7 heteroatoms. The molecule has 140 valence electrons. The number of nitrogens with two attached hydrogens (primary N) is 1. The summed E-state index contributed by atoms with van der Waals surface area (Å²) < 4.78 is 0. The first-order chi connectivity index (χ1) is 10.6. The molecule has 0 spiro atoms. The zero-order valence-electron chi connectivity index (χ0n) is 15.1. The van der Waals surface area contributed by atoms with E-state index in [9.17, 15) is 20.4 Å². The molecule has 0 aromatic carbocycles. The highest BCUT2D eigenvalue weighted by atomic mass is 16.3. The van der Waals surface area contributed by atoms with Gasteiger partial charge in [0.1, 0.15) is 0 Å². The van der Waals surface area contributed by atoms with Crippen LogP contribution in [-0.2, 0) is 0 Å². The summed E-state index contributed by atoms with van der Waals surface area (Å²) in [5, 5.41) is 38.2. The molecule has 0 aliphatic rings. The zero-order chi connectivity index (χ0) is 18.0. The normalized spacial score (nSPS) is 18.9. The predicted octanol–water partition coefficient (Wildman–Crippen LogP) is -1.17. The third kappa shape index (κ3) is 13.8. The molecule has 6 N–H and O–H groups in total. The first-order valence-corrected chi connectivity index (χ1v) is 8.52. The molecular formula is C16H37N3O4. The van der Waals surface area contributed by atoms with Gasteiger partial charge in [0.2, 0.25) is 0 Å². The van der Waals surface area contributed by atoms with Gasteiger partial charge in [0, 0.05) is 45.3 Å². The van der Waals surface area contributed by atoms with Crippen molar-refractivity contribution < 1.29 is 20.4 Å². The van der Waals surface area contributed by atoms with Crippen LogP contribution < -0.4 is 5.73 Å². The number of aliphatic hydroxyl groups excluding tert-OH is 4. The van der Waals surface area contributed by atoms with Gasteiger partial charge in [-0.15, -0.1) is 0 Å². The van der Waals surface area contributed by atoms with E-state index >= 15 is 0 Å². The molecule has 0 saturated carbocycles. The molecule has 23 heavy (non-hydrogen) atoms. The molecule has 0 heterocycles. The van der Waals surface area contributed by atoms with E-state index < -0.39 is 24.4 Å². The molecule has 0 aromatic rings. The second-order valence-corrected chi connectivity index (χ2v) is 6.91. The second kappa shape index (κ2) is 12.1. The van der Waals surface area contributed by atoms with E-state index in [2.05, 4.69) is 4.90 Å². The van der Waals surface area contributed by atoms with Crippen molar-refractivity contribution in [1.29, 1.82) is 0 Å². The van der Waals surface area contributed by atoms with Crippen LogP contribution in [0.4, 0.5) is 0 Å². The number of nitrogens with zero attached hydrogens (tertiary/aromatic N) is 2. The van der Waals surface area contributed by atoms with E-state index in [4.69, 9.17) is 5.73 Å². The van der Waals surface area contributed by atoms with Gasteiger partial charge in [-0.05, 0) is 34.1 Å². The van der Waals surface area contributed by atoms with Crippen LogP contribution in [0.2, 0.25) is 0 Å². The Bertz CT molecular complexity index is 278. The Kier molecular flexibility index (Phi) is 12.0. The van der Waals surface area contributed by atoms with Crippen LogP contribution in [-0.4, -0.2) is 100.0 Å². The van der Waals surface area contributed by atoms with Crippen LogP contribution in [0.5, 0.6) is 0 Å². The molecule has 0 fully saturated rings. The SMILES string of the molecule is CC(O)CC(N)CN(CCN(CC(C)O)CC(C)O)CC(C)O. The molecule has 5 unspecified atom stereocenters. The number of rotatable bonds is 13. The maximum absolute atomic E-state index is 9.65. The van der Waals surface area contributed by atoms with E-state index in [1.807, 2.05) is 4.90 Å². The van der Waals surface area contributed by atoms with Gasteiger partial charge >= 0.3 is 0 Å². The first-order valence-electron chi connectivity index (χ1n) is 8.52. The minimum atomic E-state index is -0.462. The molecule has 0 bridgehead atoms. The Balaban J connectivity index is 4.53. The van der Waals surface area contributed by atoms with Crippen LogP contribution in [0, 0.1) is 0 Å². The topological polar surface area (TPSA) is 113 Å². The molecule has 0 rings (SSSR count). The van der Waals surface area contributed by atoms with Crippen molar-refractivity contribution in [2.24, 2.45) is 5.73 Å². The van der Waals surface area contributed by atoms with Gasteiger partial charge < -0.3 is 26.2 Å². The van der Waals surface area contributed by atoms with Crippen molar-refractivity contribution in [1.82, 2.24) is 9.80 Å². The van der Waals surface area contributed by atoms with Gasteiger partial charge in [-0.2, -0.15) is 0 Å². The Morgan fingerprint density at radius 3 is 1.30 bits per heavy atom. The number of hydrogen-bond acceptors (Lipinski definition) is 7. The van der Waals surface area contributed by atoms with Crippen LogP contribution in [0.1, 0.15) is 34.1 Å². The second-order valence-electron chi connectivity index (χ2n) is 6.91. The summed E-state index contributed by atoms with van der Waals surface area (Å²) in [5.74, 6) is 0. The Hall–Kier alpha value is -0.280. The molecule has 0 radical (unpaired) electrons. The molecule has 5 atom stereocenters. The van der Waals surface area contributed by atoms with E-state index in [1.165, 1.54) is 0 Å². The summed E-state index contributed by atoms with van der Waals surface area (Å²) in [5.41, 5.74) is 6.04. The van der Waals surface area contributed by atoms with Crippen molar-refractivity contribution in [3.05, 3.63) is 0 Å². The summed E-state index contributed by atoms with van der Waals surface area (Å²) in [6, 6.07) is -0.157. The highest BCUT2D eigenvalue weighted by molar-refractivity contribution is 4.74. The van der Waals surface area contributed by atoms with Gasteiger partial charge in [0.05, 0.1) is 24.4 Å². The molecule has 7 nitrogen and oxygen atoms in total. The summed E-state index contributed by atoms with van der Waals surface area (Å²) in [4.78, 5) is 4.07. The minimum absolute atomic E-state index is 0.157. The third-order valence-corrected chi connectivity index (χ3v) is 3.44. The smallest absolute Gasteiger partial charge is 0.0639 e.